The molecule has 0 aliphatic carbocycles. The van der Waals surface area contributed by atoms with Crippen molar-refractivity contribution in [1.29, 1.82) is 0 Å². The van der Waals surface area contributed by atoms with E-state index in [2.05, 4.69) is 18.8 Å². The largest absolute Gasteiger partial charge is 0.490 e. The Morgan fingerprint density at radius 1 is 1.00 bits per heavy atom. The van der Waals surface area contributed by atoms with Gasteiger partial charge < -0.3 is 20.3 Å². The number of amides is 1. The van der Waals surface area contributed by atoms with Gasteiger partial charge >= 0.3 is 5.97 Å². The maximum Gasteiger partial charge on any atom is 0.336 e. The van der Waals surface area contributed by atoms with Crippen LogP contribution in [0, 0.1) is 5.92 Å². The van der Waals surface area contributed by atoms with Gasteiger partial charge in [-0.1, -0.05) is 82.4 Å². The van der Waals surface area contributed by atoms with E-state index >= 15 is 0 Å². The molecule has 0 heterocycles. The van der Waals surface area contributed by atoms with Gasteiger partial charge in [0.05, 0.1) is 5.92 Å². The lowest BCUT2D eigenvalue weighted by molar-refractivity contribution is -0.163. The molecular formula is C32H49NO6. The SMILES string of the molecule is C=CCOc1ccc(CCNC(=O)[C@@H](C=CCCCCCCC(=O)CCCCCCC)[C@](C)(O)C(=O)O)cc1. The first-order valence-corrected chi connectivity index (χ1v) is 14.5. The standard InChI is InChI=1S/C32H49NO6/c1-4-6-7-10-13-16-27(34)17-14-11-8-9-12-15-18-29(32(3,38)31(36)37)30(35)33-24-23-26-19-21-28(22-20-26)39-25-5-2/h5,15,18-22,29,38H,2,4,6-14,16-17,23-25H2,1,3H3,(H,33,35)(H,36,37)/t29-,32+/m1/s1. The summed E-state index contributed by atoms with van der Waals surface area (Å²) in [5.74, 6) is -2.10. The maximum atomic E-state index is 12.8. The molecule has 0 aromatic heterocycles. The average molecular weight is 544 g/mol. The highest BCUT2D eigenvalue weighted by Crippen LogP contribution is 2.21. The number of ketones is 1. The Morgan fingerprint density at radius 3 is 2.21 bits per heavy atom. The Hall–Kier alpha value is -2.93. The number of carboxylic acids is 1. The average Bonchev–Trinajstić information content (AvgIpc) is 2.91. The first kappa shape index (κ1) is 34.1. The molecule has 0 bridgehead atoms. The van der Waals surface area contributed by atoms with Gasteiger partial charge in [0, 0.05) is 19.4 Å². The number of Topliss-reactive ketones (excluding diaryl/α,β-unsaturated/α-hetero) is 1. The molecule has 39 heavy (non-hydrogen) atoms. The Balaban J connectivity index is 2.40. The van der Waals surface area contributed by atoms with Gasteiger partial charge in [0.2, 0.25) is 5.91 Å². The number of carbonyl (C=O) groups excluding carboxylic acids is 2. The van der Waals surface area contributed by atoms with Crippen molar-refractivity contribution in [1.82, 2.24) is 5.32 Å². The minimum Gasteiger partial charge on any atom is -0.490 e. The van der Waals surface area contributed by atoms with Crippen LogP contribution in [0.2, 0.25) is 0 Å². The van der Waals surface area contributed by atoms with E-state index in [0.29, 0.717) is 44.6 Å². The molecule has 1 aromatic rings. The van der Waals surface area contributed by atoms with Crippen LogP contribution in [0.1, 0.15) is 96.5 Å². The summed E-state index contributed by atoms with van der Waals surface area (Å²) in [6.45, 7) is 7.68. The van der Waals surface area contributed by atoms with Crippen molar-refractivity contribution in [2.45, 2.75) is 103 Å². The second-order valence-electron chi connectivity index (χ2n) is 10.3. The number of rotatable bonds is 23. The minimum absolute atomic E-state index is 0.309. The molecule has 3 N–H and O–H groups in total. The van der Waals surface area contributed by atoms with Crippen molar-refractivity contribution < 1.29 is 29.3 Å². The smallest absolute Gasteiger partial charge is 0.336 e. The van der Waals surface area contributed by atoms with Gasteiger partial charge in [-0.2, -0.15) is 0 Å². The zero-order chi connectivity index (χ0) is 28.9. The lowest BCUT2D eigenvalue weighted by Crippen LogP contribution is -2.49. The van der Waals surface area contributed by atoms with Crippen LogP contribution in [0.5, 0.6) is 5.75 Å². The highest BCUT2D eigenvalue weighted by Gasteiger charge is 2.42. The zero-order valence-electron chi connectivity index (χ0n) is 24.0. The topological polar surface area (TPSA) is 113 Å². The normalized spacial score (nSPS) is 13.5. The third kappa shape index (κ3) is 14.7. The molecule has 1 rings (SSSR count). The van der Waals surface area contributed by atoms with E-state index in [9.17, 15) is 24.6 Å². The Morgan fingerprint density at radius 2 is 1.62 bits per heavy atom. The number of hydrogen-bond acceptors (Lipinski definition) is 5. The lowest BCUT2D eigenvalue weighted by atomic mass is 9.87. The van der Waals surface area contributed by atoms with Gasteiger partial charge in [-0.3, -0.25) is 9.59 Å². The number of aliphatic carboxylic acids is 1. The molecule has 0 fully saturated rings. The molecule has 0 saturated heterocycles. The van der Waals surface area contributed by atoms with Gasteiger partial charge in [-0.25, -0.2) is 4.79 Å². The van der Waals surface area contributed by atoms with Gasteiger partial charge in [-0.05, 0) is 56.7 Å². The molecule has 7 nitrogen and oxygen atoms in total. The predicted molar refractivity (Wildman–Crippen MR) is 156 cm³/mol. The van der Waals surface area contributed by atoms with E-state index in [4.69, 9.17) is 4.74 Å². The van der Waals surface area contributed by atoms with Crippen LogP contribution >= 0.6 is 0 Å². The van der Waals surface area contributed by atoms with Crippen LogP contribution in [0.4, 0.5) is 0 Å². The Kier molecular flexibility index (Phi) is 17.5. The second kappa shape index (κ2) is 20.0. The third-order valence-electron chi connectivity index (χ3n) is 6.79. The Bertz CT molecular complexity index is 890. The molecule has 0 unspecified atom stereocenters. The summed E-state index contributed by atoms with van der Waals surface area (Å²) < 4.78 is 5.46. The highest BCUT2D eigenvalue weighted by atomic mass is 16.5. The van der Waals surface area contributed by atoms with Crippen molar-refractivity contribution in [3.63, 3.8) is 0 Å². The molecule has 0 aliphatic rings. The number of allylic oxidation sites excluding steroid dienone is 1. The van der Waals surface area contributed by atoms with Crippen LogP contribution in [0.25, 0.3) is 0 Å². The molecule has 1 aromatic carbocycles. The fourth-order valence-electron chi connectivity index (χ4n) is 4.23. The van der Waals surface area contributed by atoms with Gasteiger partial charge in [0.1, 0.15) is 18.1 Å². The van der Waals surface area contributed by atoms with Crippen molar-refractivity contribution in [3.05, 3.63) is 54.6 Å². The van der Waals surface area contributed by atoms with Crippen LogP contribution in [-0.2, 0) is 20.8 Å². The quantitative estimate of drug-likeness (QED) is 0.112. The molecule has 2 atom stereocenters. The van der Waals surface area contributed by atoms with Crippen molar-refractivity contribution in [3.8, 4) is 5.75 Å². The molecular weight excluding hydrogens is 494 g/mol. The molecule has 7 heteroatoms. The number of nitrogens with one attached hydrogen (secondary N) is 1. The summed E-state index contributed by atoms with van der Waals surface area (Å²) >= 11 is 0. The van der Waals surface area contributed by atoms with Gasteiger partial charge in [0.25, 0.3) is 0 Å². The van der Waals surface area contributed by atoms with E-state index in [0.717, 1.165) is 56.8 Å². The number of benzene rings is 1. The predicted octanol–water partition coefficient (Wildman–Crippen LogP) is 6.19. The van der Waals surface area contributed by atoms with Gasteiger partial charge in [0.15, 0.2) is 5.60 Å². The maximum absolute atomic E-state index is 12.8. The van der Waals surface area contributed by atoms with E-state index in [1.54, 1.807) is 12.2 Å². The monoisotopic (exact) mass is 543 g/mol. The van der Waals surface area contributed by atoms with E-state index in [1.807, 2.05) is 24.3 Å². The first-order valence-electron chi connectivity index (χ1n) is 14.5. The van der Waals surface area contributed by atoms with E-state index in [-0.39, 0.29) is 0 Å². The molecule has 0 aliphatic heterocycles. The third-order valence-corrected chi connectivity index (χ3v) is 6.79. The van der Waals surface area contributed by atoms with Crippen molar-refractivity contribution in [2.24, 2.45) is 5.92 Å². The molecule has 1 amide bonds. The van der Waals surface area contributed by atoms with Crippen LogP contribution in [-0.4, -0.2) is 46.6 Å². The number of aliphatic hydroxyl groups is 1. The molecule has 0 spiro atoms. The molecule has 0 saturated carbocycles. The Labute approximate surface area is 234 Å². The summed E-state index contributed by atoms with van der Waals surface area (Å²) in [7, 11) is 0. The van der Waals surface area contributed by atoms with Crippen molar-refractivity contribution in [2.75, 3.05) is 13.2 Å². The zero-order valence-corrected chi connectivity index (χ0v) is 24.0. The molecule has 218 valence electrons. The summed E-state index contributed by atoms with van der Waals surface area (Å²) in [6.07, 6.45) is 17.0. The fraction of sp³-hybridized carbons (Fsp3) is 0.594. The van der Waals surface area contributed by atoms with Crippen molar-refractivity contribution >= 4 is 17.7 Å². The van der Waals surface area contributed by atoms with Crippen LogP contribution < -0.4 is 10.1 Å². The summed E-state index contributed by atoms with van der Waals surface area (Å²) in [5.41, 5.74) is -1.23. The van der Waals surface area contributed by atoms with Crippen LogP contribution in [0.3, 0.4) is 0 Å². The second-order valence-corrected chi connectivity index (χ2v) is 10.3. The van der Waals surface area contributed by atoms with Crippen LogP contribution in [0.15, 0.2) is 49.1 Å². The lowest BCUT2D eigenvalue weighted by Gasteiger charge is -2.25. The number of unbranched alkanes of at least 4 members (excludes halogenated alkanes) is 8. The number of ether oxygens (including phenoxy) is 1. The summed E-state index contributed by atoms with van der Waals surface area (Å²) in [4.78, 5) is 36.4. The molecule has 0 radical (unpaired) electrons. The summed E-state index contributed by atoms with van der Waals surface area (Å²) in [6, 6.07) is 7.49. The number of hydrogen-bond donors (Lipinski definition) is 3. The first-order chi connectivity index (χ1) is 18.7. The van der Waals surface area contributed by atoms with E-state index < -0.39 is 23.4 Å². The number of carboxylic acid groups (broad SMARTS) is 1. The summed E-state index contributed by atoms with van der Waals surface area (Å²) in [5, 5.41) is 22.7. The fourth-order valence-corrected chi connectivity index (χ4v) is 4.23. The minimum atomic E-state index is -2.22. The van der Waals surface area contributed by atoms with Gasteiger partial charge in [-0.15, -0.1) is 0 Å². The number of carbonyl (C=O) groups is 3. The highest BCUT2D eigenvalue weighted by molar-refractivity contribution is 5.90. The van der Waals surface area contributed by atoms with E-state index in [1.165, 1.54) is 25.3 Å².